The second kappa shape index (κ2) is 7.40. The van der Waals surface area contributed by atoms with Crippen LogP contribution in [-0.2, 0) is 0 Å². The van der Waals surface area contributed by atoms with E-state index >= 15 is 0 Å². The second-order valence-corrected chi connectivity index (χ2v) is 7.61. The Labute approximate surface area is 174 Å². The molecule has 2 aromatic carbocycles. The predicted molar refractivity (Wildman–Crippen MR) is 115 cm³/mol. The minimum Gasteiger partial charge on any atom is -0.368 e. The summed E-state index contributed by atoms with van der Waals surface area (Å²) in [6.45, 7) is 7.77. The average molecular weight is 403 g/mol. The third-order valence-corrected chi connectivity index (χ3v) is 5.87. The lowest BCUT2D eigenvalue weighted by Gasteiger charge is -2.37. The van der Waals surface area contributed by atoms with Crippen molar-refractivity contribution in [2.24, 2.45) is 0 Å². The Kier molecular flexibility index (Phi) is 4.58. The molecule has 3 heterocycles. The first-order valence-corrected chi connectivity index (χ1v) is 10.0. The van der Waals surface area contributed by atoms with Crippen molar-refractivity contribution >= 4 is 22.6 Å². The van der Waals surface area contributed by atoms with Crippen LogP contribution in [0.15, 0.2) is 53.3 Å². The molecule has 0 radical (unpaired) electrons. The van der Waals surface area contributed by atoms with Gasteiger partial charge in [0.05, 0.1) is 0 Å². The molecule has 1 saturated heterocycles. The van der Waals surface area contributed by atoms with Gasteiger partial charge in [0.15, 0.2) is 0 Å². The first-order valence-electron chi connectivity index (χ1n) is 10.0. The molecule has 6 nitrogen and oxygen atoms in total. The number of piperazine rings is 1. The van der Waals surface area contributed by atoms with E-state index in [1.54, 1.807) is 12.1 Å². The number of aryl methyl sites for hydroxylation is 1. The number of aromatic nitrogens is 3. The van der Waals surface area contributed by atoms with Gasteiger partial charge in [-0.05, 0) is 55.3 Å². The molecule has 5 rings (SSSR count). The molecule has 1 aliphatic rings. The molecule has 4 aromatic rings. The SMILES string of the molecule is Cc1cccc(N2CCN(c3ncnc4onc(-c5ccc(F)cc5)c34)CC2)c1C. The molecule has 0 aliphatic carbocycles. The zero-order valence-corrected chi connectivity index (χ0v) is 17.0. The fraction of sp³-hybridized carbons (Fsp3) is 0.261. The summed E-state index contributed by atoms with van der Waals surface area (Å²) >= 11 is 0. The van der Waals surface area contributed by atoms with Crippen molar-refractivity contribution in [3.05, 3.63) is 65.7 Å². The van der Waals surface area contributed by atoms with E-state index in [1.165, 1.54) is 35.3 Å². The fourth-order valence-corrected chi connectivity index (χ4v) is 4.05. The van der Waals surface area contributed by atoms with Crippen LogP contribution in [0.2, 0.25) is 0 Å². The van der Waals surface area contributed by atoms with Gasteiger partial charge in [-0.2, -0.15) is 4.98 Å². The quantitative estimate of drug-likeness (QED) is 0.506. The Morgan fingerprint density at radius 2 is 1.63 bits per heavy atom. The molecule has 0 saturated carbocycles. The highest BCUT2D eigenvalue weighted by molar-refractivity contribution is 5.97. The van der Waals surface area contributed by atoms with Gasteiger partial charge in [-0.1, -0.05) is 17.3 Å². The van der Waals surface area contributed by atoms with Crippen LogP contribution in [0.3, 0.4) is 0 Å². The lowest BCUT2D eigenvalue weighted by molar-refractivity contribution is 0.451. The normalized spacial score (nSPS) is 14.5. The third-order valence-electron chi connectivity index (χ3n) is 5.87. The van der Waals surface area contributed by atoms with Crippen LogP contribution >= 0.6 is 0 Å². The van der Waals surface area contributed by atoms with Crippen molar-refractivity contribution in [2.75, 3.05) is 36.0 Å². The number of fused-ring (bicyclic) bond motifs is 1. The maximum absolute atomic E-state index is 13.4. The number of anilines is 2. The summed E-state index contributed by atoms with van der Waals surface area (Å²) in [5.74, 6) is 0.520. The Morgan fingerprint density at radius 1 is 0.900 bits per heavy atom. The van der Waals surface area contributed by atoms with E-state index in [2.05, 4.69) is 57.0 Å². The number of hydrogen-bond acceptors (Lipinski definition) is 6. The van der Waals surface area contributed by atoms with Crippen LogP contribution in [0.25, 0.3) is 22.4 Å². The third kappa shape index (κ3) is 3.16. The Balaban J connectivity index is 1.45. The molecule has 0 spiro atoms. The van der Waals surface area contributed by atoms with E-state index < -0.39 is 0 Å². The summed E-state index contributed by atoms with van der Waals surface area (Å²) in [4.78, 5) is 13.5. The molecule has 0 N–H and O–H groups in total. The van der Waals surface area contributed by atoms with E-state index in [-0.39, 0.29) is 5.82 Å². The molecule has 1 aliphatic heterocycles. The molecule has 0 unspecified atom stereocenters. The van der Waals surface area contributed by atoms with Gasteiger partial charge < -0.3 is 14.3 Å². The smallest absolute Gasteiger partial charge is 0.263 e. The minimum absolute atomic E-state index is 0.286. The van der Waals surface area contributed by atoms with Crippen LogP contribution in [0.4, 0.5) is 15.9 Å². The highest BCUT2D eigenvalue weighted by atomic mass is 19.1. The Morgan fingerprint density at radius 3 is 2.40 bits per heavy atom. The summed E-state index contributed by atoms with van der Waals surface area (Å²) in [6, 6.07) is 12.7. The van der Waals surface area contributed by atoms with Crippen LogP contribution in [0, 0.1) is 19.7 Å². The molecule has 1 fully saturated rings. The van der Waals surface area contributed by atoms with Gasteiger partial charge >= 0.3 is 0 Å². The van der Waals surface area contributed by atoms with Crippen LogP contribution in [-0.4, -0.2) is 41.3 Å². The number of hydrogen-bond donors (Lipinski definition) is 0. The maximum atomic E-state index is 13.4. The van der Waals surface area contributed by atoms with Crippen LogP contribution < -0.4 is 9.80 Å². The van der Waals surface area contributed by atoms with Gasteiger partial charge in [0.2, 0.25) is 0 Å². The van der Waals surface area contributed by atoms with Crippen molar-refractivity contribution in [2.45, 2.75) is 13.8 Å². The van der Waals surface area contributed by atoms with Crippen LogP contribution in [0.5, 0.6) is 0 Å². The fourth-order valence-electron chi connectivity index (χ4n) is 4.05. The summed E-state index contributed by atoms with van der Waals surface area (Å²) in [7, 11) is 0. The summed E-state index contributed by atoms with van der Waals surface area (Å²) in [5.41, 5.74) is 5.78. The van der Waals surface area contributed by atoms with Gasteiger partial charge in [0, 0.05) is 37.4 Å². The molecule has 2 aromatic heterocycles. The van der Waals surface area contributed by atoms with Gasteiger partial charge in [0.25, 0.3) is 5.71 Å². The van der Waals surface area contributed by atoms with Crippen LogP contribution in [0.1, 0.15) is 11.1 Å². The largest absolute Gasteiger partial charge is 0.368 e. The predicted octanol–water partition coefficient (Wildman–Crippen LogP) is 4.37. The number of rotatable bonds is 3. The molecule has 152 valence electrons. The van der Waals surface area contributed by atoms with Gasteiger partial charge in [-0.25, -0.2) is 9.37 Å². The van der Waals surface area contributed by atoms with Crippen molar-refractivity contribution in [1.29, 1.82) is 0 Å². The number of nitrogens with zero attached hydrogens (tertiary/aromatic N) is 5. The lowest BCUT2D eigenvalue weighted by Crippen LogP contribution is -2.47. The highest BCUT2D eigenvalue weighted by Crippen LogP contribution is 2.34. The van der Waals surface area contributed by atoms with E-state index in [9.17, 15) is 4.39 Å². The number of halogens is 1. The maximum Gasteiger partial charge on any atom is 0.263 e. The van der Waals surface area contributed by atoms with E-state index in [0.29, 0.717) is 11.4 Å². The van der Waals surface area contributed by atoms with Crippen molar-refractivity contribution < 1.29 is 8.91 Å². The molecular formula is C23H22FN5O. The first kappa shape index (κ1) is 18.5. The zero-order valence-electron chi connectivity index (χ0n) is 17.0. The van der Waals surface area contributed by atoms with E-state index in [1.807, 2.05) is 0 Å². The summed E-state index contributed by atoms with van der Waals surface area (Å²) < 4.78 is 18.8. The van der Waals surface area contributed by atoms with E-state index in [0.717, 1.165) is 42.9 Å². The van der Waals surface area contributed by atoms with Gasteiger partial charge in [-0.3, -0.25) is 0 Å². The summed E-state index contributed by atoms with van der Waals surface area (Å²) in [5, 5.41) is 4.97. The number of benzene rings is 2. The van der Waals surface area contributed by atoms with E-state index in [4.69, 9.17) is 4.52 Å². The minimum atomic E-state index is -0.286. The zero-order chi connectivity index (χ0) is 20.7. The van der Waals surface area contributed by atoms with Crippen molar-refractivity contribution in [3.63, 3.8) is 0 Å². The average Bonchev–Trinajstić information content (AvgIpc) is 3.21. The van der Waals surface area contributed by atoms with Crippen molar-refractivity contribution in [1.82, 2.24) is 15.1 Å². The standard InChI is InChI=1S/C23H22FN5O/c1-15-4-3-5-19(16(15)2)28-10-12-29(13-11-28)22-20-21(17-6-8-18(24)9-7-17)27-30-23(20)26-14-25-22/h3-9,14H,10-13H2,1-2H3. The molecule has 30 heavy (non-hydrogen) atoms. The van der Waals surface area contributed by atoms with Crippen molar-refractivity contribution in [3.8, 4) is 11.3 Å². The second-order valence-electron chi connectivity index (χ2n) is 7.61. The molecule has 0 amide bonds. The lowest BCUT2D eigenvalue weighted by atomic mass is 10.1. The Bertz CT molecular complexity index is 1200. The highest BCUT2D eigenvalue weighted by Gasteiger charge is 2.25. The molecule has 0 bridgehead atoms. The molecule has 0 atom stereocenters. The first-order chi connectivity index (χ1) is 14.6. The molecular weight excluding hydrogens is 381 g/mol. The topological polar surface area (TPSA) is 58.3 Å². The Hall–Kier alpha value is -3.48. The summed E-state index contributed by atoms with van der Waals surface area (Å²) in [6.07, 6.45) is 1.51. The molecule has 7 heteroatoms. The van der Waals surface area contributed by atoms with Gasteiger partial charge in [0.1, 0.15) is 29.0 Å². The monoisotopic (exact) mass is 403 g/mol. The van der Waals surface area contributed by atoms with Gasteiger partial charge in [-0.15, -0.1) is 0 Å².